The number of pyridine rings is 1. The number of allylic oxidation sites excluding steroid dienone is 1. The van der Waals surface area contributed by atoms with Crippen LogP contribution in [-0.4, -0.2) is 52.2 Å². The molecule has 176 valence electrons. The number of nitrogens with zero attached hydrogens (tertiary/aromatic N) is 3. The summed E-state index contributed by atoms with van der Waals surface area (Å²) in [6.45, 7) is 0.707. The molecule has 6 rings (SSSR count). The Labute approximate surface area is 202 Å². The van der Waals surface area contributed by atoms with E-state index in [1.807, 2.05) is 24.3 Å². The number of carbonyl (C=O) groups excluding carboxylic acids is 2. The van der Waals surface area contributed by atoms with E-state index in [1.165, 1.54) is 5.57 Å². The summed E-state index contributed by atoms with van der Waals surface area (Å²) in [7, 11) is 3.40. The van der Waals surface area contributed by atoms with E-state index in [4.69, 9.17) is 4.74 Å². The van der Waals surface area contributed by atoms with E-state index in [0.29, 0.717) is 6.54 Å². The van der Waals surface area contributed by atoms with Crippen LogP contribution in [0.4, 0.5) is 4.79 Å². The molecular weight excluding hydrogens is 444 g/mol. The molecule has 2 fully saturated rings. The van der Waals surface area contributed by atoms with Crippen LogP contribution in [0.2, 0.25) is 0 Å². The lowest BCUT2D eigenvalue weighted by Crippen LogP contribution is -2.25. The molecule has 1 aliphatic carbocycles. The third kappa shape index (κ3) is 4.87. The summed E-state index contributed by atoms with van der Waals surface area (Å²) in [5.74, 6) is 6.98. The molecule has 0 bridgehead atoms. The predicted octanol–water partition coefficient (Wildman–Crippen LogP) is 2.83. The monoisotopic (exact) mass is 468 g/mol. The summed E-state index contributed by atoms with van der Waals surface area (Å²) >= 11 is 0. The van der Waals surface area contributed by atoms with Gasteiger partial charge in [-0.1, -0.05) is 17.9 Å². The maximum absolute atomic E-state index is 11.5. The topological polar surface area (TPSA) is 112 Å². The molecule has 1 atom stereocenters. The average Bonchev–Trinajstić information content (AvgIpc) is 3.30. The molecule has 1 saturated carbocycles. The normalized spacial score (nSPS) is 17.5. The number of ether oxygens (including phenoxy) is 1. The maximum Gasteiger partial charge on any atom is 0.320 e. The van der Waals surface area contributed by atoms with E-state index in [-0.39, 0.29) is 18.0 Å². The van der Waals surface area contributed by atoms with Crippen molar-refractivity contribution in [2.24, 2.45) is 0 Å². The van der Waals surface area contributed by atoms with Gasteiger partial charge in [0.25, 0.3) is 5.91 Å². The molecule has 9 nitrogen and oxygen atoms in total. The molecule has 0 radical (unpaired) electrons. The van der Waals surface area contributed by atoms with E-state index >= 15 is 0 Å². The zero-order valence-corrected chi connectivity index (χ0v) is 19.4. The number of hydrogen-bond acceptors (Lipinski definition) is 5. The lowest BCUT2D eigenvalue weighted by Gasteiger charge is -2.04. The molecule has 1 unspecified atom stereocenters. The minimum Gasteiger partial charge on any atom is -0.497 e. The van der Waals surface area contributed by atoms with Crippen LogP contribution < -0.4 is 15.4 Å². The van der Waals surface area contributed by atoms with E-state index in [1.54, 1.807) is 43.7 Å². The first-order valence-electron chi connectivity index (χ1n) is 11.2. The fraction of sp³-hybridized carbons (Fsp3) is 0.231. The van der Waals surface area contributed by atoms with Crippen molar-refractivity contribution in [2.75, 3.05) is 14.2 Å². The van der Waals surface area contributed by atoms with E-state index < -0.39 is 0 Å². The highest BCUT2D eigenvalue weighted by molar-refractivity contribution is 5.98. The molecule has 3 aromatic rings. The number of nitrogens with one attached hydrogen (secondary N) is 3. The van der Waals surface area contributed by atoms with Gasteiger partial charge in [0.1, 0.15) is 11.8 Å². The van der Waals surface area contributed by atoms with E-state index in [2.05, 4.69) is 37.7 Å². The van der Waals surface area contributed by atoms with Gasteiger partial charge in [0.05, 0.1) is 24.7 Å². The van der Waals surface area contributed by atoms with Crippen LogP contribution in [0.1, 0.15) is 34.3 Å². The zero-order valence-electron chi connectivity index (χ0n) is 19.4. The Balaban J connectivity index is 0.000000166. The predicted molar refractivity (Wildman–Crippen MR) is 129 cm³/mol. The van der Waals surface area contributed by atoms with Gasteiger partial charge in [-0.05, 0) is 48.2 Å². The fourth-order valence-corrected chi connectivity index (χ4v) is 3.90. The Hall–Kier alpha value is -4.58. The number of benzene rings is 1. The van der Waals surface area contributed by atoms with Crippen molar-refractivity contribution in [1.82, 2.24) is 30.7 Å². The molecule has 1 aromatic carbocycles. The fourth-order valence-electron chi connectivity index (χ4n) is 3.90. The lowest BCUT2D eigenvalue weighted by molar-refractivity contribution is 0.0816. The van der Waals surface area contributed by atoms with Crippen LogP contribution in [0, 0.1) is 11.8 Å². The molecule has 0 spiro atoms. The number of fused-ring (bicyclic) bond motifs is 1. The third-order valence-corrected chi connectivity index (χ3v) is 5.91. The average molecular weight is 469 g/mol. The van der Waals surface area contributed by atoms with E-state index in [0.717, 1.165) is 52.2 Å². The highest BCUT2D eigenvalue weighted by Crippen LogP contribution is 2.33. The van der Waals surface area contributed by atoms with Gasteiger partial charge < -0.3 is 20.3 Å². The number of H-pyrrole nitrogens is 1. The van der Waals surface area contributed by atoms with Crippen molar-refractivity contribution >= 4 is 11.9 Å². The second-order valence-electron chi connectivity index (χ2n) is 8.42. The van der Waals surface area contributed by atoms with Crippen molar-refractivity contribution in [1.29, 1.82) is 0 Å². The van der Waals surface area contributed by atoms with Gasteiger partial charge in [-0.15, -0.1) is 0 Å². The van der Waals surface area contributed by atoms with Gasteiger partial charge in [-0.25, -0.2) is 4.79 Å². The van der Waals surface area contributed by atoms with Crippen molar-refractivity contribution in [3.8, 4) is 28.8 Å². The highest BCUT2D eigenvalue weighted by Gasteiger charge is 2.31. The smallest absolute Gasteiger partial charge is 0.320 e. The number of rotatable bonds is 2. The van der Waals surface area contributed by atoms with Crippen molar-refractivity contribution in [2.45, 2.75) is 25.4 Å². The number of hydrogen-bond donors (Lipinski definition) is 3. The van der Waals surface area contributed by atoms with Crippen LogP contribution in [0.3, 0.4) is 0 Å². The molecule has 2 aliphatic heterocycles. The summed E-state index contributed by atoms with van der Waals surface area (Å²) < 4.78 is 5.05. The molecule has 4 heterocycles. The first kappa shape index (κ1) is 22.2. The molecule has 35 heavy (non-hydrogen) atoms. The van der Waals surface area contributed by atoms with Crippen LogP contribution >= 0.6 is 0 Å². The quantitative estimate of drug-likeness (QED) is 0.501. The summed E-state index contributed by atoms with van der Waals surface area (Å²) in [5, 5.41) is 12.3. The summed E-state index contributed by atoms with van der Waals surface area (Å²) in [4.78, 5) is 29.0. The number of amides is 3. The number of aromatic nitrogens is 3. The minimum atomic E-state index is -0.237. The van der Waals surface area contributed by atoms with Crippen LogP contribution in [-0.2, 0) is 6.54 Å². The van der Waals surface area contributed by atoms with Gasteiger partial charge in [0, 0.05) is 42.7 Å². The lowest BCUT2D eigenvalue weighted by atomic mass is 10.1. The standard InChI is InChI=1S/C16H13N5O.C10H11NO2/c22-16-20-14(15(21-16)11-3-4-11)6-2-10-1-5-13(17-7-10)12-8-18-19-9-12;1-11-6-7-3-4-8(13-2)5-9(7)10(11)12/h1,5,7-9,14H,3-4H2,(H,18,19)(H2,20,21,22);3-5H,6H2,1-2H3. The van der Waals surface area contributed by atoms with Crippen molar-refractivity contribution in [3.63, 3.8) is 0 Å². The maximum atomic E-state index is 11.5. The first-order valence-corrected chi connectivity index (χ1v) is 11.2. The largest absolute Gasteiger partial charge is 0.497 e. The third-order valence-electron chi connectivity index (χ3n) is 5.91. The second-order valence-corrected chi connectivity index (χ2v) is 8.42. The molecule has 9 heteroatoms. The van der Waals surface area contributed by atoms with Crippen LogP contribution in [0.15, 0.2) is 60.2 Å². The van der Waals surface area contributed by atoms with Gasteiger partial charge in [0.15, 0.2) is 0 Å². The molecule has 3 aliphatic rings. The van der Waals surface area contributed by atoms with Crippen LogP contribution in [0.25, 0.3) is 11.3 Å². The minimum absolute atomic E-state index is 0.0777. The molecule has 2 aromatic heterocycles. The van der Waals surface area contributed by atoms with Crippen LogP contribution in [0.5, 0.6) is 5.75 Å². The Kier molecular flexibility index (Phi) is 5.94. The van der Waals surface area contributed by atoms with Gasteiger partial charge in [0.2, 0.25) is 0 Å². The Morgan fingerprint density at radius 2 is 2.00 bits per heavy atom. The molecule has 3 N–H and O–H groups in total. The van der Waals surface area contributed by atoms with E-state index in [9.17, 15) is 9.59 Å². The SMILES string of the molecule is COc1ccc2c(c1)C(=O)N(C)C2.O=C1NC(=C2CC2)C(C#Cc2ccc(-c3cn[nH]c3)nc2)N1. The number of urea groups is 1. The molecule has 1 saturated heterocycles. The Morgan fingerprint density at radius 3 is 2.69 bits per heavy atom. The summed E-state index contributed by atoms with van der Waals surface area (Å²) in [5.41, 5.74) is 6.65. The Morgan fingerprint density at radius 1 is 1.14 bits per heavy atom. The zero-order chi connectivity index (χ0) is 24.4. The highest BCUT2D eigenvalue weighted by atomic mass is 16.5. The second kappa shape index (κ2) is 9.35. The number of aromatic amines is 1. The van der Waals surface area contributed by atoms with Crippen molar-refractivity contribution < 1.29 is 14.3 Å². The molecular formula is C26H24N6O3. The summed E-state index contributed by atoms with van der Waals surface area (Å²) in [6.07, 6.45) is 7.35. The van der Waals surface area contributed by atoms with Gasteiger partial charge in [-0.2, -0.15) is 5.10 Å². The van der Waals surface area contributed by atoms with Gasteiger partial charge in [-0.3, -0.25) is 14.9 Å². The van der Waals surface area contributed by atoms with Crippen molar-refractivity contribution in [3.05, 3.63) is 76.9 Å². The number of carbonyl (C=O) groups is 2. The Bertz CT molecular complexity index is 1360. The number of methoxy groups -OCH3 is 1. The first-order chi connectivity index (χ1) is 17.0. The summed E-state index contributed by atoms with van der Waals surface area (Å²) in [6, 6.07) is 9.01. The molecule has 3 amide bonds. The van der Waals surface area contributed by atoms with Gasteiger partial charge >= 0.3 is 6.03 Å².